The first-order valence-corrected chi connectivity index (χ1v) is 20.7. The van der Waals surface area contributed by atoms with E-state index in [-0.39, 0.29) is 31.7 Å². The van der Waals surface area contributed by atoms with E-state index in [2.05, 4.69) is 11.8 Å². The van der Waals surface area contributed by atoms with Gasteiger partial charge in [0.25, 0.3) is 0 Å². The normalized spacial score (nSPS) is 50.5. The summed E-state index contributed by atoms with van der Waals surface area (Å²) in [6.07, 6.45) is -5.31. The van der Waals surface area contributed by atoms with Crippen LogP contribution in [-0.4, -0.2) is 132 Å². The van der Waals surface area contributed by atoms with Gasteiger partial charge < -0.3 is 49.2 Å². The van der Waals surface area contributed by atoms with Gasteiger partial charge in [-0.1, -0.05) is 34.6 Å². The molecule has 4 saturated carbocycles. The van der Waals surface area contributed by atoms with Crippen molar-refractivity contribution in [3.63, 3.8) is 0 Å². The second kappa shape index (κ2) is 13.6. The van der Waals surface area contributed by atoms with Crippen LogP contribution in [0.2, 0.25) is 0 Å². The van der Waals surface area contributed by atoms with E-state index < -0.39 is 124 Å². The van der Waals surface area contributed by atoms with Crippen LogP contribution in [0.25, 0.3) is 0 Å². The summed E-state index contributed by atoms with van der Waals surface area (Å²) in [7, 11) is 0. The van der Waals surface area contributed by atoms with Crippen molar-refractivity contribution < 1.29 is 68.4 Å². The van der Waals surface area contributed by atoms with Gasteiger partial charge in [0.2, 0.25) is 5.79 Å². The van der Waals surface area contributed by atoms with Crippen LogP contribution in [0.4, 0.5) is 0 Å². The molecular weight excluding hydrogens is 730 g/mol. The second-order valence-electron chi connectivity index (χ2n) is 19.2. The summed E-state index contributed by atoms with van der Waals surface area (Å²) < 4.78 is 31.3. The highest BCUT2D eigenvalue weighted by Gasteiger charge is 2.90. The van der Waals surface area contributed by atoms with Crippen molar-refractivity contribution >= 4 is 23.9 Å². The molecule has 3 heterocycles. The standard InChI is InChI=1S/C41H63NO14/c1-10-20(4)34(46)55-33-28(45)27-23(18-42-17-19(3)12-13-25(42)38(27,9)49)24-16-39-32(40(24,33)50)30(53-22(6)44)29(52-21(5)43)31-36(39,7)15-14-26(41(31,51)56-39)54-35(47)37(8,48)11-2/h19-20,23-33,45,48-51H,10-18H2,1-9H3/t19-,20+,23-,24-,25-,26-,27+,28+,29-,30+,31-,32+,33-,36-,37-,38+,39+,40?,41+/m0/s1. The third-order valence-corrected chi connectivity index (χ3v) is 16.0. The van der Waals surface area contributed by atoms with Gasteiger partial charge in [-0.2, -0.15) is 0 Å². The molecule has 7 rings (SSSR count). The first-order valence-electron chi connectivity index (χ1n) is 20.7. The molecule has 0 amide bonds. The Kier molecular flexibility index (Phi) is 10.1. The molecule has 1 spiro atoms. The maximum absolute atomic E-state index is 13.9. The molecule has 19 atom stereocenters. The van der Waals surface area contributed by atoms with E-state index in [1.165, 1.54) is 20.8 Å². The maximum atomic E-state index is 13.9. The number of esters is 4. The van der Waals surface area contributed by atoms with Crippen LogP contribution in [0, 0.1) is 46.8 Å². The third kappa shape index (κ3) is 5.60. The molecule has 1 unspecified atom stereocenters. The minimum absolute atomic E-state index is 0.0107. The number of hydrogen-bond acceptors (Lipinski definition) is 15. The van der Waals surface area contributed by atoms with Gasteiger partial charge in [0.15, 0.2) is 17.8 Å². The fraction of sp³-hybridized carbons (Fsp3) is 0.902. The van der Waals surface area contributed by atoms with Gasteiger partial charge in [0, 0.05) is 44.3 Å². The molecule has 4 bridgehead atoms. The van der Waals surface area contributed by atoms with E-state index >= 15 is 0 Å². The molecule has 56 heavy (non-hydrogen) atoms. The summed E-state index contributed by atoms with van der Waals surface area (Å²) >= 11 is 0. The van der Waals surface area contributed by atoms with E-state index in [0.29, 0.717) is 31.8 Å². The molecule has 0 aromatic rings. The Hall–Kier alpha value is -2.40. The predicted molar refractivity (Wildman–Crippen MR) is 195 cm³/mol. The molecule has 7 fully saturated rings. The first-order chi connectivity index (χ1) is 26.0. The summed E-state index contributed by atoms with van der Waals surface area (Å²) in [4.78, 5) is 55.6. The topological polar surface area (TPSA) is 219 Å². The minimum atomic E-state index is -2.38. The lowest BCUT2D eigenvalue weighted by atomic mass is 9.48. The third-order valence-electron chi connectivity index (χ3n) is 16.0. The fourth-order valence-corrected chi connectivity index (χ4v) is 13.1. The summed E-state index contributed by atoms with van der Waals surface area (Å²) in [5.41, 5.74) is -8.37. The van der Waals surface area contributed by atoms with Crippen LogP contribution >= 0.6 is 0 Å². The maximum Gasteiger partial charge on any atom is 0.338 e. The van der Waals surface area contributed by atoms with Crippen LogP contribution in [0.3, 0.4) is 0 Å². The molecular formula is C41H63NO14. The Morgan fingerprint density at radius 3 is 2.14 bits per heavy atom. The molecule has 3 saturated heterocycles. The first kappa shape index (κ1) is 41.7. The molecule has 15 nitrogen and oxygen atoms in total. The van der Waals surface area contributed by atoms with E-state index in [9.17, 15) is 44.7 Å². The number of hydrogen-bond donors (Lipinski definition) is 5. The lowest BCUT2D eigenvalue weighted by Crippen LogP contribution is -2.78. The lowest BCUT2D eigenvalue weighted by Gasteiger charge is -2.64. The number of nitrogens with zero attached hydrogens (tertiary/aromatic N) is 1. The van der Waals surface area contributed by atoms with E-state index in [1.54, 1.807) is 20.8 Å². The zero-order valence-electron chi connectivity index (χ0n) is 34.2. The molecule has 0 radical (unpaired) electrons. The van der Waals surface area contributed by atoms with Crippen molar-refractivity contribution in [2.45, 2.75) is 172 Å². The van der Waals surface area contributed by atoms with Crippen molar-refractivity contribution in [2.75, 3.05) is 13.1 Å². The van der Waals surface area contributed by atoms with Crippen molar-refractivity contribution in [1.82, 2.24) is 4.90 Å². The van der Waals surface area contributed by atoms with Crippen molar-refractivity contribution in [3.05, 3.63) is 0 Å². The zero-order valence-corrected chi connectivity index (χ0v) is 34.2. The second-order valence-corrected chi connectivity index (χ2v) is 19.2. The number of piperidine rings is 2. The average Bonchev–Trinajstić information content (AvgIpc) is 3.40. The van der Waals surface area contributed by atoms with E-state index in [0.717, 1.165) is 6.42 Å². The van der Waals surface area contributed by atoms with Crippen molar-refractivity contribution in [1.29, 1.82) is 0 Å². The molecule has 15 heteroatoms. The van der Waals surface area contributed by atoms with Crippen molar-refractivity contribution in [2.24, 2.45) is 46.8 Å². The molecule has 7 aliphatic rings. The fourth-order valence-electron chi connectivity index (χ4n) is 13.1. The predicted octanol–water partition coefficient (Wildman–Crippen LogP) is 1.61. The highest BCUT2D eigenvalue weighted by molar-refractivity contribution is 5.79. The Morgan fingerprint density at radius 1 is 0.929 bits per heavy atom. The molecule has 316 valence electrons. The molecule has 5 N–H and O–H groups in total. The number of rotatable bonds is 8. The average molecular weight is 794 g/mol. The monoisotopic (exact) mass is 793 g/mol. The van der Waals surface area contributed by atoms with Gasteiger partial charge in [-0.3, -0.25) is 19.3 Å². The smallest absolute Gasteiger partial charge is 0.338 e. The Balaban J connectivity index is 1.45. The Bertz CT molecular complexity index is 1620. The highest BCUT2D eigenvalue weighted by Crippen LogP contribution is 2.78. The van der Waals surface area contributed by atoms with Crippen LogP contribution in [0.15, 0.2) is 0 Å². The minimum Gasteiger partial charge on any atom is -0.458 e. The summed E-state index contributed by atoms with van der Waals surface area (Å²) in [6, 6.07) is -0.309. The van der Waals surface area contributed by atoms with Crippen LogP contribution < -0.4 is 0 Å². The number of carbonyl (C=O) groups excluding carboxylic acids is 4. The van der Waals surface area contributed by atoms with Gasteiger partial charge in [-0.25, -0.2) is 4.79 Å². The van der Waals surface area contributed by atoms with Crippen LogP contribution in [0.1, 0.15) is 107 Å². The molecule has 4 aliphatic carbocycles. The SMILES string of the molecule is CC[C@@H](C)C(=O)O[C@H]1[C@H](O)[C@H]2[C@@H](CN3C[C@@H](C)CC[C@H]3[C@@]2(C)O)[C@@H]2C[C@]34O[C@]5(O)[C@@H](OC(=O)[C@@](C)(O)CC)CC[C@@]3(C)[C@@H]5[C@@H](OC(C)=O)[C@@H](OC(C)=O)[C@H]4C21O. The zero-order chi connectivity index (χ0) is 41.3. The van der Waals surface area contributed by atoms with Crippen molar-refractivity contribution in [3.8, 4) is 0 Å². The van der Waals surface area contributed by atoms with Crippen LogP contribution in [0.5, 0.6) is 0 Å². The van der Waals surface area contributed by atoms with Gasteiger partial charge in [0.05, 0.1) is 35.1 Å². The van der Waals surface area contributed by atoms with Gasteiger partial charge >= 0.3 is 23.9 Å². The molecule has 3 aliphatic heterocycles. The number of fused-ring (bicyclic) bond motifs is 5. The summed E-state index contributed by atoms with van der Waals surface area (Å²) in [5.74, 6) is -10.8. The number of carbonyl (C=O) groups is 4. The van der Waals surface area contributed by atoms with E-state index in [1.807, 2.05) is 13.8 Å². The van der Waals surface area contributed by atoms with E-state index in [4.69, 9.17) is 23.7 Å². The number of aliphatic hydroxyl groups is 5. The highest BCUT2D eigenvalue weighted by atomic mass is 16.7. The summed E-state index contributed by atoms with van der Waals surface area (Å²) in [5, 5.41) is 62.9. The largest absolute Gasteiger partial charge is 0.458 e. The lowest BCUT2D eigenvalue weighted by molar-refractivity contribution is -0.301. The molecule has 0 aromatic heterocycles. The van der Waals surface area contributed by atoms with Gasteiger partial charge in [-0.05, 0) is 76.5 Å². The quantitative estimate of drug-likeness (QED) is 0.174. The van der Waals surface area contributed by atoms with Crippen LogP contribution in [-0.2, 0) is 42.9 Å². The van der Waals surface area contributed by atoms with Gasteiger partial charge in [0.1, 0.15) is 17.8 Å². The Morgan fingerprint density at radius 2 is 1.55 bits per heavy atom. The Labute approximate surface area is 328 Å². The molecule has 0 aromatic carbocycles. The summed E-state index contributed by atoms with van der Waals surface area (Å²) in [6.45, 7) is 15.5. The number of aliphatic hydroxyl groups excluding tert-OH is 1. The van der Waals surface area contributed by atoms with Gasteiger partial charge in [-0.15, -0.1) is 0 Å². The number of ether oxygens (including phenoxy) is 5.